The Bertz CT molecular complexity index is 217. The van der Waals surface area contributed by atoms with Crippen LogP contribution in [0.2, 0.25) is 0 Å². The van der Waals surface area contributed by atoms with Gasteiger partial charge in [-0.05, 0) is 27.2 Å². The van der Waals surface area contributed by atoms with E-state index in [0.29, 0.717) is 6.54 Å². The normalized spacial score (nSPS) is 23.6. The van der Waals surface area contributed by atoms with Crippen molar-refractivity contribution in [3.8, 4) is 0 Å². The van der Waals surface area contributed by atoms with Crippen molar-refractivity contribution in [3.05, 3.63) is 0 Å². The van der Waals surface area contributed by atoms with Crippen molar-refractivity contribution in [2.24, 2.45) is 0 Å². The van der Waals surface area contributed by atoms with Crippen LogP contribution in [-0.4, -0.2) is 42.9 Å². The van der Waals surface area contributed by atoms with Gasteiger partial charge in [-0.15, -0.1) is 0 Å². The van der Waals surface area contributed by atoms with E-state index in [1.54, 1.807) is 0 Å². The molecule has 1 atom stereocenters. The lowest BCUT2D eigenvalue weighted by molar-refractivity contribution is 0.0388. The molecule has 1 fully saturated rings. The third-order valence-corrected chi connectivity index (χ3v) is 2.13. The molecular weight excluding hydrogens is 194 g/mol. The molecule has 0 saturated carbocycles. The van der Waals surface area contributed by atoms with Crippen LogP contribution in [-0.2, 0) is 4.74 Å². The van der Waals surface area contributed by atoms with Crippen LogP contribution in [0.4, 0.5) is 4.79 Å². The maximum atomic E-state index is 11.4. The van der Waals surface area contributed by atoms with Crippen LogP contribution in [0.5, 0.6) is 0 Å². The number of nitrogens with one attached hydrogen (secondary N) is 2. The molecule has 0 spiro atoms. The minimum atomic E-state index is -0.334. The van der Waals surface area contributed by atoms with Crippen LogP contribution in [0, 0.1) is 0 Å². The first-order valence-corrected chi connectivity index (χ1v) is 5.30. The topological polar surface area (TPSA) is 53.6 Å². The summed E-state index contributed by atoms with van der Waals surface area (Å²) in [5.74, 6) is 0. The third kappa shape index (κ3) is 4.99. The summed E-state index contributed by atoms with van der Waals surface area (Å²) in [4.78, 5) is 11.4. The Morgan fingerprint density at radius 2 is 2.20 bits per heavy atom. The van der Waals surface area contributed by atoms with Gasteiger partial charge in [0.15, 0.2) is 0 Å². The Hall–Kier alpha value is -0.810. The van der Waals surface area contributed by atoms with Crippen LogP contribution in [0.3, 0.4) is 0 Å². The Labute approximate surface area is 91.1 Å². The quantitative estimate of drug-likeness (QED) is 0.677. The van der Waals surface area contributed by atoms with Crippen molar-refractivity contribution < 1.29 is 9.53 Å². The average Bonchev–Trinajstić information content (AvgIpc) is 2.05. The van der Waals surface area contributed by atoms with E-state index in [0.717, 1.165) is 13.0 Å². The van der Waals surface area contributed by atoms with Gasteiger partial charge in [0.05, 0.1) is 0 Å². The first-order valence-electron chi connectivity index (χ1n) is 5.30. The van der Waals surface area contributed by atoms with Gasteiger partial charge in [-0.2, -0.15) is 0 Å². The molecule has 0 aromatic carbocycles. The molecule has 0 radical (unpaired) electrons. The fourth-order valence-electron chi connectivity index (χ4n) is 1.36. The summed E-state index contributed by atoms with van der Waals surface area (Å²) in [6, 6.07) is 0. The molecule has 0 unspecified atom stereocenters. The Kier molecular flexibility index (Phi) is 3.93. The van der Waals surface area contributed by atoms with Crippen molar-refractivity contribution >= 4 is 6.09 Å². The summed E-state index contributed by atoms with van der Waals surface area (Å²) in [6.07, 6.45) is 0.517. The molecule has 1 aliphatic heterocycles. The summed E-state index contributed by atoms with van der Waals surface area (Å²) in [6.45, 7) is 7.38. The van der Waals surface area contributed by atoms with E-state index in [1.165, 1.54) is 0 Å². The summed E-state index contributed by atoms with van der Waals surface area (Å²) in [5.41, 5.74) is 2.89. The summed E-state index contributed by atoms with van der Waals surface area (Å²) >= 11 is 0. The van der Waals surface area contributed by atoms with Crippen molar-refractivity contribution in [1.29, 1.82) is 0 Å². The predicted octanol–water partition coefficient (Wildman–Crippen LogP) is 0.720. The molecule has 1 aliphatic rings. The van der Waals surface area contributed by atoms with E-state index in [-0.39, 0.29) is 17.7 Å². The van der Waals surface area contributed by atoms with Gasteiger partial charge in [-0.3, -0.25) is 5.43 Å². The summed E-state index contributed by atoms with van der Waals surface area (Å²) in [5, 5.41) is 4.78. The number of alkyl carbamates (subject to hydrolysis) is 1. The van der Waals surface area contributed by atoms with E-state index in [4.69, 9.17) is 4.74 Å². The van der Waals surface area contributed by atoms with E-state index in [2.05, 4.69) is 10.7 Å². The zero-order valence-electron chi connectivity index (χ0n) is 9.96. The van der Waals surface area contributed by atoms with Crippen LogP contribution >= 0.6 is 0 Å². The second-order valence-corrected chi connectivity index (χ2v) is 4.97. The molecule has 15 heavy (non-hydrogen) atoms. The van der Waals surface area contributed by atoms with Gasteiger partial charge in [0, 0.05) is 25.7 Å². The Morgan fingerprint density at radius 3 is 2.67 bits per heavy atom. The van der Waals surface area contributed by atoms with Gasteiger partial charge in [0.25, 0.3) is 0 Å². The smallest absolute Gasteiger partial charge is 0.407 e. The summed E-state index contributed by atoms with van der Waals surface area (Å²) in [7, 11) is 1.98. The van der Waals surface area contributed by atoms with Gasteiger partial charge in [0.1, 0.15) is 6.10 Å². The first kappa shape index (κ1) is 12.3. The molecule has 88 valence electrons. The number of nitrogens with zero attached hydrogens (tertiary/aromatic N) is 1. The zero-order valence-corrected chi connectivity index (χ0v) is 9.96. The van der Waals surface area contributed by atoms with E-state index >= 15 is 0 Å². The minimum absolute atomic E-state index is 0.0245. The van der Waals surface area contributed by atoms with Crippen molar-refractivity contribution in [2.45, 2.75) is 38.8 Å². The minimum Gasteiger partial charge on any atom is -0.445 e. The van der Waals surface area contributed by atoms with Crippen LogP contribution in [0.25, 0.3) is 0 Å². The number of ether oxygens (including phenoxy) is 1. The molecule has 1 amide bonds. The number of hydrazine groups is 1. The van der Waals surface area contributed by atoms with Crippen molar-refractivity contribution in [2.75, 3.05) is 20.1 Å². The zero-order chi connectivity index (χ0) is 11.5. The lowest BCUT2D eigenvalue weighted by Gasteiger charge is -2.30. The molecule has 2 N–H and O–H groups in total. The highest BCUT2D eigenvalue weighted by Crippen LogP contribution is 2.06. The van der Waals surface area contributed by atoms with Crippen molar-refractivity contribution in [1.82, 2.24) is 15.8 Å². The molecule has 1 heterocycles. The second kappa shape index (κ2) is 4.81. The van der Waals surface area contributed by atoms with E-state index in [9.17, 15) is 4.79 Å². The monoisotopic (exact) mass is 215 g/mol. The molecule has 0 aromatic rings. The number of rotatable bonds is 1. The number of carbonyl (C=O) groups is 1. The molecule has 0 aliphatic carbocycles. The van der Waals surface area contributed by atoms with Crippen LogP contribution < -0.4 is 10.7 Å². The lowest BCUT2D eigenvalue weighted by atomic mass is 10.1. The molecular formula is C10H21N3O2. The fraction of sp³-hybridized carbons (Fsp3) is 0.900. The maximum Gasteiger partial charge on any atom is 0.407 e. The van der Waals surface area contributed by atoms with Gasteiger partial charge in [-0.1, -0.05) is 0 Å². The number of hydrogen-bond donors (Lipinski definition) is 2. The molecule has 1 saturated heterocycles. The van der Waals surface area contributed by atoms with Crippen LogP contribution in [0.15, 0.2) is 0 Å². The fourth-order valence-corrected chi connectivity index (χ4v) is 1.36. The lowest BCUT2D eigenvalue weighted by Crippen LogP contribution is -2.50. The Morgan fingerprint density at radius 1 is 1.53 bits per heavy atom. The standard InChI is InChI=1S/C10H21N3O2/c1-10(2,3)12-9(14)15-8-5-6-13(4)11-7-8/h8,11H,5-7H2,1-4H3,(H,12,14)/t8-/m1/s1. The molecule has 0 aromatic heterocycles. The van der Waals surface area contributed by atoms with Gasteiger partial charge in [0.2, 0.25) is 0 Å². The maximum absolute atomic E-state index is 11.4. The van der Waals surface area contributed by atoms with Crippen molar-refractivity contribution in [3.63, 3.8) is 0 Å². The first-order chi connectivity index (χ1) is 6.87. The van der Waals surface area contributed by atoms with Gasteiger partial charge >= 0.3 is 6.09 Å². The largest absolute Gasteiger partial charge is 0.445 e. The number of hydrogen-bond acceptors (Lipinski definition) is 4. The van der Waals surface area contributed by atoms with E-state index < -0.39 is 0 Å². The van der Waals surface area contributed by atoms with E-state index in [1.807, 2.05) is 32.8 Å². The van der Waals surface area contributed by atoms with Crippen LogP contribution in [0.1, 0.15) is 27.2 Å². The highest BCUT2D eigenvalue weighted by Gasteiger charge is 2.22. The SMILES string of the molecule is CN1CC[C@@H](OC(=O)NC(C)(C)C)CN1. The summed E-state index contributed by atoms with van der Waals surface area (Å²) < 4.78 is 5.28. The average molecular weight is 215 g/mol. The molecule has 5 nitrogen and oxygen atoms in total. The third-order valence-electron chi connectivity index (χ3n) is 2.13. The second-order valence-electron chi connectivity index (χ2n) is 4.97. The number of amides is 1. The predicted molar refractivity (Wildman–Crippen MR) is 58.4 cm³/mol. The highest BCUT2D eigenvalue weighted by atomic mass is 16.6. The van der Waals surface area contributed by atoms with Gasteiger partial charge in [-0.25, -0.2) is 9.80 Å². The molecule has 5 heteroatoms. The molecule has 1 rings (SSSR count). The Balaban J connectivity index is 2.27. The highest BCUT2D eigenvalue weighted by molar-refractivity contribution is 5.68. The molecule has 0 bridgehead atoms. The van der Waals surface area contributed by atoms with Gasteiger partial charge < -0.3 is 10.1 Å². The number of carbonyl (C=O) groups excluding carboxylic acids is 1.